The van der Waals surface area contributed by atoms with Crippen LogP contribution in [0, 0.1) is 0 Å². The Bertz CT molecular complexity index is 362. The van der Waals surface area contributed by atoms with E-state index in [0.29, 0.717) is 18.0 Å². The third kappa shape index (κ3) is 5.19. The average molecular weight is 283 g/mol. The van der Waals surface area contributed by atoms with Gasteiger partial charge in [0.25, 0.3) is 0 Å². The smallest absolute Gasteiger partial charge is 0.256 e. The molecule has 0 radical (unpaired) electrons. The number of hydrogen-bond donors (Lipinski definition) is 0. The molecular formula is C15H27N2OS+. The molecule has 4 heteroatoms. The second-order valence-electron chi connectivity index (χ2n) is 5.98. The molecule has 0 aliphatic heterocycles. The maximum absolute atomic E-state index is 11.5. The molecule has 0 spiro atoms. The van der Waals surface area contributed by atoms with Gasteiger partial charge in [-0.1, -0.05) is 12.8 Å². The van der Waals surface area contributed by atoms with Crippen LogP contribution in [-0.4, -0.2) is 39.0 Å². The summed E-state index contributed by atoms with van der Waals surface area (Å²) in [6.45, 7) is 0. The van der Waals surface area contributed by atoms with Crippen LogP contribution in [0.2, 0.25) is 0 Å². The van der Waals surface area contributed by atoms with Gasteiger partial charge in [0, 0.05) is 6.26 Å². The normalized spacial score (nSPS) is 23.6. The molecule has 19 heavy (non-hydrogen) atoms. The van der Waals surface area contributed by atoms with E-state index >= 15 is 0 Å². The van der Waals surface area contributed by atoms with E-state index < -0.39 is 10.8 Å². The van der Waals surface area contributed by atoms with Gasteiger partial charge in [-0.25, -0.2) is 4.58 Å². The summed E-state index contributed by atoms with van der Waals surface area (Å²) in [5, 5.41) is 0. The summed E-state index contributed by atoms with van der Waals surface area (Å²) < 4.78 is 13.7. The molecule has 108 valence electrons. The maximum atomic E-state index is 11.5. The first-order valence-electron chi connectivity index (χ1n) is 7.78. The molecule has 0 aromatic carbocycles. The highest BCUT2D eigenvalue weighted by molar-refractivity contribution is 7.84. The number of aliphatic imine (C=N–C) groups is 1. The summed E-state index contributed by atoms with van der Waals surface area (Å²) >= 11 is 0. The van der Waals surface area contributed by atoms with Crippen molar-refractivity contribution < 1.29 is 8.78 Å². The van der Waals surface area contributed by atoms with Crippen molar-refractivity contribution in [3.8, 4) is 0 Å². The molecular weight excluding hydrogens is 256 g/mol. The topological polar surface area (TPSA) is 32.4 Å². The van der Waals surface area contributed by atoms with Crippen molar-refractivity contribution in [1.82, 2.24) is 0 Å². The van der Waals surface area contributed by atoms with Gasteiger partial charge >= 0.3 is 6.01 Å². The zero-order valence-corrected chi connectivity index (χ0v) is 13.0. The zero-order chi connectivity index (χ0) is 13.5. The number of hydrogen-bond acceptors (Lipinski definition) is 2. The molecule has 1 atom stereocenters. The van der Waals surface area contributed by atoms with E-state index in [2.05, 4.69) is 15.6 Å². The molecule has 2 aliphatic carbocycles. The minimum absolute atomic E-state index is 0.463. The van der Waals surface area contributed by atoms with Crippen LogP contribution in [0.3, 0.4) is 0 Å². The molecule has 0 N–H and O–H groups in total. The molecule has 0 bridgehead atoms. The molecule has 3 nitrogen and oxygen atoms in total. The van der Waals surface area contributed by atoms with Crippen molar-refractivity contribution in [2.75, 3.05) is 12.1 Å². The Morgan fingerprint density at radius 2 is 1.63 bits per heavy atom. The first-order valence-corrected chi connectivity index (χ1v) is 9.50. The van der Waals surface area contributed by atoms with Crippen LogP contribution in [-0.2, 0) is 10.8 Å². The first kappa shape index (κ1) is 14.9. The third-order valence-electron chi connectivity index (χ3n) is 4.28. The average Bonchev–Trinajstić information content (AvgIpc) is 2.45. The minimum Gasteiger partial charge on any atom is -0.256 e. The largest absolute Gasteiger partial charge is 0.307 e. The second-order valence-corrected chi connectivity index (χ2v) is 7.39. The van der Waals surface area contributed by atoms with Gasteiger partial charge in [0.05, 0.1) is 10.8 Å². The molecule has 0 aromatic rings. The van der Waals surface area contributed by atoms with Crippen LogP contribution in [0.4, 0.5) is 0 Å². The van der Waals surface area contributed by atoms with Gasteiger partial charge in [-0.3, -0.25) is 4.21 Å². The molecule has 0 amide bonds. The molecule has 2 saturated carbocycles. The van der Waals surface area contributed by atoms with Crippen molar-refractivity contribution in [3.05, 3.63) is 0 Å². The quantitative estimate of drug-likeness (QED) is 0.576. The zero-order valence-electron chi connectivity index (χ0n) is 12.1. The number of rotatable bonds is 4. The highest BCUT2D eigenvalue weighted by Crippen LogP contribution is 2.21. The van der Waals surface area contributed by atoms with E-state index in [0.717, 1.165) is 0 Å². The predicted molar refractivity (Wildman–Crippen MR) is 80.4 cm³/mol. The molecule has 0 heterocycles. The maximum Gasteiger partial charge on any atom is 0.307 e. The van der Waals surface area contributed by atoms with Gasteiger partial charge in [0.2, 0.25) is 0 Å². The van der Waals surface area contributed by atoms with Crippen LogP contribution < -0.4 is 0 Å². The molecule has 1 unspecified atom stereocenters. The highest BCUT2D eigenvalue weighted by atomic mass is 32.2. The van der Waals surface area contributed by atoms with E-state index in [4.69, 9.17) is 0 Å². The van der Waals surface area contributed by atoms with Crippen LogP contribution in [0.15, 0.2) is 4.99 Å². The fraction of sp³-hybridized carbons (Fsp3) is 0.933. The van der Waals surface area contributed by atoms with Gasteiger partial charge in [0.15, 0.2) is 11.9 Å². The fourth-order valence-corrected chi connectivity index (χ4v) is 3.83. The lowest BCUT2D eigenvalue weighted by molar-refractivity contribution is -0.546. The molecule has 2 rings (SSSR count). The molecule has 2 aliphatic rings. The molecule has 2 fully saturated rings. The summed E-state index contributed by atoms with van der Waals surface area (Å²) in [4.78, 5) is 4.65. The van der Waals surface area contributed by atoms with Crippen LogP contribution in [0.5, 0.6) is 0 Å². The Morgan fingerprint density at radius 3 is 2.21 bits per heavy atom. The summed E-state index contributed by atoms with van der Waals surface area (Å²) in [5.41, 5.74) is 0. The minimum atomic E-state index is -0.800. The van der Waals surface area contributed by atoms with E-state index in [1.165, 1.54) is 64.2 Å². The second kappa shape index (κ2) is 7.96. The van der Waals surface area contributed by atoms with Crippen molar-refractivity contribution in [1.29, 1.82) is 0 Å². The van der Waals surface area contributed by atoms with E-state index in [1.807, 2.05) is 0 Å². The predicted octanol–water partition coefficient (Wildman–Crippen LogP) is 3.17. The lowest BCUT2D eigenvalue weighted by Crippen LogP contribution is -2.30. The van der Waals surface area contributed by atoms with Gasteiger partial charge in [0.1, 0.15) is 6.04 Å². The lowest BCUT2D eigenvalue weighted by atomic mass is 9.95. The standard InChI is InChI=1S/C15H27N2OS/c1-19(18)13-17(15-10-6-3-7-11-15)12-16-14-8-4-2-5-9-14/h14-15H,2-11,13H2,1H3/q+1. The summed E-state index contributed by atoms with van der Waals surface area (Å²) in [6, 6.07) is 4.24. The lowest BCUT2D eigenvalue weighted by Gasteiger charge is -2.20. The Balaban J connectivity index is 2.05. The van der Waals surface area contributed by atoms with Crippen LogP contribution >= 0.6 is 0 Å². The van der Waals surface area contributed by atoms with Crippen LogP contribution in [0.1, 0.15) is 64.2 Å². The third-order valence-corrected chi connectivity index (χ3v) is 4.92. The number of nitrogens with zero attached hydrogens (tertiary/aromatic N) is 2. The Hall–Kier alpha value is -0.470. The van der Waals surface area contributed by atoms with Crippen molar-refractivity contribution in [2.24, 2.45) is 4.99 Å². The Morgan fingerprint density at radius 1 is 1.05 bits per heavy atom. The van der Waals surface area contributed by atoms with E-state index in [1.54, 1.807) is 6.26 Å². The van der Waals surface area contributed by atoms with Gasteiger partial charge < -0.3 is 0 Å². The monoisotopic (exact) mass is 283 g/mol. The molecule has 0 aromatic heterocycles. The van der Waals surface area contributed by atoms with Gasteiger partial charge in [-0.2, -0.15) is 0 Å². The van der Waals surface area contributed by atoms with Gasteiger partial charge in [-0.15, -0.1) is 0 Å². The Kier molecular flexibility index (Phi) is 6.25. The van der Waals surface area contributed by atoms with E-state index in [9.17, 15) is 4.21 Å². The van der Waals surface area contributed by atoms with Gasteiger partial charge in [-0.05, 0) is 56.4 Å². The summed E-state index contributed by atoms with van der Waals surface area (Å²) in [6.07, 6.45) is 14.5. The fourth-order valence-electron chi connectivity index (χ4n) is 3.17. The van der Waals surface area contributed by atoms with Crippen molar-refractivity contribution in [3.63, 3.8) is 0 Å². The van der Waals surface area contributed by atoms with Crippen LogP contribution in [0.25, 0.3) is 0 Å². The molecule has 0 saturated heterocycles. The van der Waals surface area contributed by atoms with E-state index in [-0.39, 0.29) is 0 Å². The van der Waals surface area contributed by atoms with Crippen molar-refractivity contribution in [2.45, 2.75) is 76.3 Å². The highest BCUT2D eigenvalue weighted by Gasteiger charge is 2.22. The first-order chi connectivity index (χ1) is 9.25. The summed E-state index contributed by atoms with van der Waals surface area (Å²) in [7, 11) is -0.800. The Labute approximate surface area is 119 Å². The SMILES string of the molecule is CS(=O)C[N+](=C=NC1CCCCC1)C1CCCCC1. The summed E-state index contributed by atoms with van der Waals surface area (Å²) in [5.74, 6) is 0.598. The van der Waals surface area contributed by atoms with Crippen molar-refractivity contribution >= 4 is 16.8 Å².